The van der Waals surface area contributed by atoms with Crippen LogP contribution in [-0.4, -0.2) is 39.3 Å². The van der Waals surface area contributed by atoms with E-state index in [1.807, 2.05) is 6.92 Å². The number of hydrogen-bond acceptors (Lipinski definition) is 4. The maximum atomic E-state index is 12.0. The van der Waals surface area contributed by atoms with Gasteiger partial charge in [0.05, 0.1) is 17.1 Å². The lowest BCUT2D eigenvalue weighted by molar-refractivity contribution is 0.0696. The van der Waals surface area contributed by atoms with Crippen LogP contribution in [0.3, 0.4) is 0 Å². The number of nitrogens with one attached hydrogen (secondary N) is 1. The van der Waals surface area contributed by atoms with Crippen LogP contribution in [0.15, 0.2) is 29.2 Å². The van der Waals surface area contributed by atoms with Gasteiger partial charge in [-0.15, -0.1) is 0 Å². The summed E-state index contributed by atoms with van der Waals surface area (Å²) in [4.78, 5) is 10.7. The zero-order valence-electron chi connectivity index (χ0n) is 10.8. The van der Waals surface area contributed by atoms with Crippen molar-refractivity contribution in [2.75, 3.05) is 13.7 Å². The number of ether oxygens (including phenoxy) is 1. The lowest BCUT2D eigenvalue weighted by Crippen LogP contribution is -2.37. The summed E-state index contributed by atoms with van der Waals surface area (Å²) < 4.78 is 31.5. The second-order valence-corrected chi connectivity index (χ2v) is 5.73. The first-order chi connectivity index (χ1) is 8.90. The molecule has 0 amide bonds. The van der Waals surface area contributed by atoms with Crippen molar-refractivity contribution in [1.82, 2.24) is 4.72 Å². The summed E-state index contributed by atoms with van der Waals surface area (Å²) in [7, 11) is -2.16. The van der Waals surface area contributed by atoms with Crippen molar-refractivity contribution in [3.8, 4) is 0 Å². The first kappa shape index (κ1) is 15.6. The minimum absolute atomic E-state index is 0.0343. The Hall–Kier alpha value is -1.44. The summed E-state index contributed by atoms with van der Waals surface area (Å²) in [5.41, 5.74) is 0.0443. The predicted octanol–water partition coefficient (Wildman–Crippen LogP) is 1.09. The van der Waals surface area contributed by atoms with Crippen molar-refractivity contribution in [2.24, 2.45) is 0 Å². The van der Waals surface area contributed by atoms with Crippen molar-refractivity contribution in [3.63, 3.8) is 0 Å². The minimum atomic E-state index is -3.66. The number of sulfonamides is 1. The average molecular weight is 287 g/mol. The van der Waals surface area contributed by atoms with E-state index in [2.05, 4.69) is 4.72 Å². The van der Waals surface area contributed by atoms with Crippen molar-refractivity contribution in [3.05, 3.63) is 29.8 Å². The van der Waals surface area contributed by atoms with Gasteiger partial charge in [0.15, 0.2) is 0 Å². The molecule has 0 aliphatic heterocycles. The van der Waals surface area contributed by atoms with Gasteiger partial charge in [0.1, 0.15) is 0 Å². The molecule has 2 N–H and O–H groups in total. The summed E-state index contributed by atoms with van der Waals surface area (Å²) in [6.45, 7) is 2.13. The number of carbonyl (C=O) groups is 1. The number of rotatable bonds is 7. The van der Waals surface area contributed by atoms with Crippen LogP contribution in [0, 0.1) is 0 Å². The average Bonchev–Trinajstić information content (AvgIpc) is 2.38. The van der Waals surface area contributed by atoms with Gasteiger partial charge < -0.3 is 9.84 Å². The van der Waals surface area contributed by atoms with Crippen LogP contribution in [0.4, 0.5) is 0 Å². The molecule has 0 heterocycles. The number of aromatic carboxylic acids is 1. The summed E-state index contributed by atoms with van der Waals surface area (Å²) in [5.74, 6) is -1.09. The number of carboxylic acid groups (broad SMARTS) is 1. The van der Waals surface area contributed by atoms with Gasteiger partial charge in [-0.05, 0) is 30.7 Å². The Labute approximate surface area is 112 Å². The van der Waals surface area contributed by atoms with Crippen molar-refractivity contribution >= 4 is 16.0 Å². The topological polar surface area (TPSA) is 92.7 Å². The van der Waals surface area contributed by atoms with Crippen LogP contribution in [0.1, 0.15) is 23.7 Å². The fraction of sp³-hybridized carbons (Fsp3) is 0.417. The summed E-state index contributed by atoms with van der Waals surface area (Å²) in [6.07, 6.45) is 0.597. The zero-order chi connectivity index (χ0) is 14.5. The molecule has 0 bridgehead atoms. The van der Waals surface area contributed by atoms with E-state index in [0.29, 0.717) is 6.42 Å². The molecular formula is C12H17NO5S. The molecule has 0 aromatic heterocycles. The first-order valence-electron chi connectivity index (χ1n) is 5.75. The molecule has 1 rings (SSSR count). The highest BCUT2D eigenvalue weighted by Crippen LogP contribution is 2.11. The molecule has 0 saturated heterocycles. The molecule has 0 saturated carbocycles. The normalized spacial score (nSPS) is 13.2. The van der Waals surface area contributed by atoms with Crippen LogP contribution < -0.4 is 4.72 Å². The van der Waals surface area contributed by atoms with E-state index in [4.69, 9.17) is 9.84 Å². The van der Waals surface area contributed by atoms with Crippen LogP contribution in [0.25, 0.3) is 0 Å². The fourth-order valence-electron chi connectivity index (χ4n) is 1.50. The van der Waals surface area contributed by atoms with Gasteiger partial charge in [0.25, 0.3) is 0 Å². The first-order valence-corrected chi connectivity index (χ1v) is 7.23. The number of benzene rings is 1. The predicted molar refractivity (Wildman–Crippen MR) is 69.7 cm³/mol. The van der Waals surface area contributed by atoms with Crippen molar-refractivity contribution in [2.45, 2.75) is 24.3 Å². The molecular weight excluding hydrogens is 270 g/mol. The number of hydrogen-bond donors (Lipinski definition) is 2. The van der Waals surface area contributed by atoms with E-state index >= 15 is 0 Å². The van der Waals surface area contributed by atoms with E-state index < -0.39 is 16.0 Å². The second kappa shape index (κ2) is 6.65. The van der Waals surface area contributed by atoms with E-state index in [9.17, 15) is 13.2 Å². The zero-order valence-corrected chi connectivity index (χ0v) is 11.6. The van der Waals surface area contributed by atoms with Crippen LogP contribution in [-0.2, 0) is 14.8 Å². The Balaban J connectivity index is 2.90. The lowest BCUT2D eigenvalue weighted by Gasteiger charge is -2.16. The van der Waals surface area contributed by atoms with E-state index in [1.165, 1.54) is 31.4 Å². The standard InChI is InChI=1S/C12H17NO5S/c1-3-10(8-18-2)13-19(16,17)11-6-4-9(5-7-11)12(14)15/h4-7,10,13H,3,8H2,1-2H3,(H,14,15). The van der Waals surface area contributed by atoms with Gasteiger partial charge in [-0.1, -0.05) is 6.92 Å². The molecule has 1 atom stereocenters. The Kier molecular flexibility index (Phi) is 5.46. The second-order valence-electron chi connectivity index (χ2n) is 4.01. The summed E-state index contributed by atoms with van der Waals surface area (Å²) in [5, 5.41) is 8.75. The third-order valence-corrected chi connectivity index (χ3v) is 4.13. The Morgan fingerprint density at radius 3 is 2.37 bits per heavy atom. The highest BCUT2D eigenvalue weighted by Gasteiger charge is 2.19. The van der Waals surface area contributed by atoms with Crippen LogP contribution in [0.2, 0.25) is 0 Å². The minimum Gasteiger partial charge on any atom is -0.478 e. The highest BCUT2D eigenvalue weighted by atomic mass is 32.2. The Morgan fingerprint density at radius 1 is 1.37 bits per heavy atom. The molecule has 1 aromatic rings. The molecule has 1 unspecified atom stereocenters. The van der Waals surface area contributed by atoms with E-state index in [0.717, 1.165) is 0 Å². The van der Waals surface area contributed by atoms with Crippen molar-refractivity contribution < 1.29 is 23.1 Å². The SMILES string of the molecule is CCC(COC)NS(=O)(=O)c1ccc(C(=O)O)cc1. The van der Waals surface area contributed by atoms with Crippen LogP contribution >= 0.6 is 0 Å². The molecule has 19 heavy (non-hydrogen) atoms. The number of methoxy groups -OCH3 is 1. The fourth-order valence-corrected chi connectivity index (χ4v) is 2.80. The third kappa shape index (κ3) is 4.30. The summed E-state index contributed by atoms with van der Waals surface area (Å²) in [6, 6.07) is 4.74. The Morgan fingerprint density at radius 2 is 1.95 bits per heavy atom. The molecule has 1 aromatic carbocycles. The van der Waals surface area contributed by atoms with E-state index in [1.54, 1.807) is 0 Å². The van der Waals surface area contributed by atoms with Crippen molar-refractivity contribution in [1.29, 1.82) is 0 Å². The molecule has 0 fully saturated rings. The molecule has 6 nitrogen and oxygen atoms in total. The third-order valence-electron chi connectivity index (χ3n) is 2.59. The number of carboxylic acids is 1. The lowest BCUT2D eigenvalue weighted by atomic mass is 10.2. The van der Waals surface area contributed by atoms with Gasteiger partial charge in [-0.3, -0.25) is 0 Å². The largest absolute Gasteiger partial charge is 0.478 e. The molecule has 0 aliphatic rings. The van der Waals surface area contributed by atoms with Gasteiger partial charge in [-0.2, -0.15) is 0 Å². The smallest absolute Gasteiger partial charge is 0.335 e. The Bertz CT molecular complexity index is 524. The van der Waals surface area contributed by atoms with Gasteiger partial charge >= 0.3 is 5.97 Å². The molecule has 0 spiro atoms. The highest BCUT2D eigenvalue weighted by molar-refractivity contribution is 7.89. The van der Waals surface area contributed by atoms with E-state index in [-0.39, 0.29) is 23.1 Å². The molecule has 106 valence electrons. The molecule has 0 aliphatic carbocycles. The van der Waals surface area contributed by atoms with Gasteiger partial charge in [-0.25, -0.2) is 17.9 Å². The monoisotopic (exact) mass is 287 g/mol. The molecule has 7 heteroatoms. The maximum absolute atomic E-state index is 12.0. The van der Waals surface area contributed by atoms with Gasteiger partial charge in [0, 0.05) is 13.2 Å². The van der Waals surface area contributed by atoms with Gasteiger partial charge in [0.2, 0.25) is 10.0 Å². The quantitative estimate of drug-likeness (QED) is 0.783. The molecule has 0 radical (unpaired) electrons. The summed E-state index contributed by atoms with van der Waals surface area (Å²) >= 11 is 0. The maximum Gasteiger partial charge on any atom is 0.335 e. The van der Waals surface area contributed by atoms with Crippen LogP contribution in [0.5, 0.6) is 0 Å².